The first-order chi connectivity index (χ1) is 7.38. The van der Waals surface area contributed by atoms with Gasteiger partial charge in [0.2, 0.25) is 0 Å². The van der Waals surface area contributed by atoms with E-state index >= 15 is 0 Å². The van der Waals surface area contributed by atoms with Gasteiger partial charge >= 0.3 is 0 Å². The second kappa shape index (κ2) is 7.89. The third kappa shape index (κ3) is 4.80. The zero-order valence-electron chi connectivity index (χ0n) is 10.1. The third-order valence-electron chi connectivity index (χ3n) is 3.25. The largest absolute Gasteiger partial charge is 0.385 e. The molecule has 1 saturated carbocycles. The van der Waals surface area contributed by atoms with Gasteiger partial charge < -0.3 is 4.74 Å². The van der Waals surface area contributed by atoms with Crippen LogP contribution in [0.25, 0.3) is 0 Å². The van der Waals surface area contributed by atoms with E-state index in [1.54, 1.807) is 7.11 Å². The molecule has 0 bridgehead atoms. The maximum absolute atomic E-state index is 5.07. The van der Waals surface area contributed by atoms with Crippen molar-refractivity contribution in [3.05, 3.63) is 12.7 Å². The quantitative estimate of drug-likeness (QED) is 0.452. The highest BCUT2D eigenvalue weighted by molar-refractivity contribution is 4.82. The van der Waals surface area contributed by atoms with E-state index in [-0.39, 0.29) is 0 Å². The molecule has 0 N–H and O–H groups in total. The summed E-state index contributed by atoms with van der Waals surface area (Å²) in [5, 5.41) is 0. The van der Waals surface area contributed by atoms with Gasteiger partial charge in [-0.25, -0.2) is 0 Å². The van der Waals surface area contributed by atoms with Crippen molar-refractivity contribution in [2.24, 2.45) is 0 Å². The van der Waals surface area contributed by atoms with Gasteiger partial charge in [0.15, 0.2) is 0 Å². The Morgan fingerprint density at radius 1 is 1.33 bits per heavy atom. The van der Waals surface area contributed by atoms with Crippen molar-refractivity contribution in [3.8, 4) is 0 Å². The molecular weight excluding hydrogens is 186 g/mol. The number of rotatable bonds is 8. The third-order valence-corrected chi connectivity index (χ3v) is 3.25. The monoisotopic (exact) mass is 211 g/mol. The van der Waals surface area contributed by atoms with Crippen LogP contribution in [0.4, 0.5) is 0 Å². The van der Waals surface area contributed by atoms with Gasteiger partial charge in [0.1, 0.15) is 0 Å². The van der Waals surface area contributed by atoms with E-state index < -0.39 is 0 Å². The van der Waals surface area contributed by atoms with Gasteiger partial charge in [-0.1, -0.05) is 18.9 Å². The second-order valence-corrected chi connectivity index (χ2v) is 4.42. The van der Waals surface area contributed by atoms with E-state index in [1.165, 1.54) is 45.1 Å². The van der Waals surface area contributed by atoms with E-state index in [2.05, 4.69) is 11.5 Å². The molecule has 0 heterocycles. The summed E-state index contributed by atoms with van der Waals surface area (Å²) >= 11 is 0. The Kier molecular flexibility index (Phi) is 6.69. The number of hydrogen-bond donors (Lipinski definition) is 0. The van der Waals surface area contributed by atoms with Crippen molar-refractivity contribution in [1.82, 2.24) is 4.90 Å². The van der Waals surface area contributed by atoms with Crippen molar-refractivity contribution in [2.45, 2.75) is 44.6 Å². The lowest BCUT2D eigenvalue weighted by Crippen LogP contribution is -2.34. The highest BCUT2D eigenvalue weighted by atomic mass is 16.5. The maximum Gasteiger partial charge on any atom is 0.0462 e. The Hall–Kier alpha value is -0.340. The Labute approximate surface area is 94.3 Å². The van der Waals surface area contributed by atoms with Crippen LogP contribution in [-0.2, 0) is 4.74 Å². The number of ether oxygens (including phenoxy) is 1. The summed E-state index contributed by atoms with van der Waals surface area (Å²) in [6, 6.07) is 0.825. The molecule has 0 radical (unpaired) electrons. The van der Waals surface area contributed by atoms with Gasteiger partial charge in [-0.05, 0) is 32.2 Å². The Morgan fingerprint density at radius 2 is 2.07 bits per heavy atom. The van der Waals surface area contributed by atoms with Crippen LogP contribution >= 0.6 is 0 Å². The topological polar surface area (TPSA) is 12.5 Å². The van der Waals surface area contributed by atoms with Gasteiger partial charge in [-0.3, -0.25) is 4.90 Å². The molecule has 0 spiro atoms. The van der Waals surface area contributed by atoms with Crippen LogP contribution < -0.4 is 0 Å². The molecule has 0 aromatic heterocycles. The van der Waals surface area contributed by atoms with E-state index in [9.17, 15) is 0 Å². The minimum absolute atomic E-state index is 0.825. The molecule has 0 aromatic carbocycles. The average molecular weight is 211 g/mol. The van der Waals surface area contributed by atoms with Crippen LogP contribution in [0, 0.1) is 0 Å². The molecule has 0 aliphatic heterocycles. The lowest BCUT2D eigenvalue weighted by atomic mass is 10.2. The van der Waals surface area contributed by atoms with E-state index in [0.29, 0.717) is 0 Å². The number of nitrogens with zero attached hydrogens (tertiary/aromatic N) is 1. The van der Waals surface area contributed by atoms with Crippen LogP contribution in [0.5, 0.6) is 0 Å². The molecule has 0 atom stereocenters. The molecule has 15 heavy (non-hydrogen) atoms. The number of methoxy groups -OCH3 is 1. The van der Waals surface area contributed by atoms with Gasteiger partial charge in [-0.15, -0.1) is 6.58 Å². The summed E-state index contributed by atoms with van der Waals surface area (Å²) in [6.45, 7) is 7.01. The summed E-state index contributed by atoms with van der Waals surface area (Å²) in [5.74, 6) is 0. The first kappa shape index (κ1) is 12.7. The van der Waals surface area contributed by atoms with Crippen LogP contribution in [0.1, 0.15) is 38.5 Å². The summed E-state index contributed by atoms with van der Waals surface area (Å²) in [6.07, 6.45) is 10.1. The Bertz CT molecular complexity index is 164. The zero-order valence-corrected chi connectivity index (χ0v) is 10.1. The lowest BCUT2D eigenvalue weighted by Gasteiger charge is -2.27. The fourth-order valence-electron chi connectivity index (χ4n) is 2.42. The highest BCUT2D eigenvalue weighted by Crippen LogP contribution is 2.23. The predicted octanol–water partition coefficient (Wildman–Crippen LogP) is 2.84. The van der Waals surface area contributed by atoms with E-state index in [0.717, 1.165) is 19.2 Å². The standard InChI is InChI=1S/C13H25NO/c1-3-10-14(11-6-7-12-15-2)13-8-4-5-9-13/h3,13H,1,4-12H2,2H3. The Morgan fingerprint density at radius 3 is 2.67 bits per heavy atom. The van der Waals surface area contributed by atoms with Crippen molar-refractivity contribution >= 4 is 0 Å². The van der Waals surface area contributed by atoms with Crippen molar-refractivity contribution in [1.29, 1.82) is 0 Å². The van der Waals surface area contributed by atoms with Crippen molar-refractivity contribution in [3.63, 3.8) is 0 Å². The molecule has 1 fully saturated rings. The van der Waals surface area contributed by atoms with Gasteiger partial charge in [0.25, 0.3) is 0 Å². The van der Waals surface area contributed by atoms with Crippen LogP contribution in [0.15, 0.2) is 12.7 Å². The molecule has 88 valence electrons. The summed E-state index contributed by atoms with van der Waals surface area (Å²) in [4.78, 5) is 2.59. The van der Waals surface area contributed by atoms with Crippen LogP contribution in [0.2, 0.25) is 0 Å². The average Bonchev–Trinajstić information content (AvgIpc) is 2.76. The first-order valence-corrected chi connectivity index (χ1v) is 6.22. The molecule has 0 amide bonds. The SMILES string of the molecule is C=CCN(CCCCOC)C1CCCC1. The van der Waals surface area contributed by atoms with Crippen molar-refractivity contribution in [2.75, 3.05) is 26.8 Å². The minimum atomic E-state index is 0.825. The summed E-state index contributed by atoms with van der Waals surface area (Å²) < 4.78 is 5.07. The van der Waals surface area contributed by atoms with Crippen LogP contribution in [0.3, 0.4) is 0 Å². The maximum atomic E-state index is 5.07. The van der Waals surface area contributed by atoms with Crippen molar-refractivity contribution < 1.29 is 4.74 Å². The molecule has 2 nitrogen and oxygen atoms in total. The minimum Gasteiger partial charge on any atom is -0.385 e. The molecular formula is C13H25NO. The van der Waals surface area contributed by atoms with Gasteiger partial charge in [0.05, 0.1) is 0 Å². The fourth-order valence-corrected chi connectivity index (χ4v) is 2.42. The predicted molar refractivity (Wildman–Crippen MR) is 65.1 cm³/mol. The molecule has 1 aliphatic carbocycles. The second-order valence-electron chi connectivity index (χ2n) is 4.42. The lowest BCUT2D eigenvalue weighted by molar-refractivity contribution is 0.174. The fraction of sp³-hybridized carbons (Fsp3) is 0.846. The van der Waals surface area contributed by atoms with E-state index in [1.807, 2.05) is 6.08 Å². The molecule has 1 rings (SSSR count). The Balaban J connectivity index is 2.20. The van der Waals surface area contributed by atoms with Gasteiger partial charge in [-0.2, -0.15) is 0 Å². The summed E-state index contributed by atoms with van der Waals surface area (Å²) in [5.41, 5.74) is 0. The number of unbranched alkanes of at least 4 members (excludes halogenated alkanes) is 1. The first-order valence-electron chi connectivity index (χ1n) is 6.22. The normalized spacial score (nSPS) is 17.5. The molecule has 0 unspecified atom stereocenters. The highest BCUT2D eigenvalue weighted by Gasteiger charge is 2.20. The van der Waals surface area contributed by atoms with E-state index in [4.69, 9.17) is 4.74 Å². The smallest absolute Gasteiger partial charge is 0.0462 e. The van der Waals surface area contributed by atoms with Gasteiger partial charge in [0, 0.05) is 26.3 Å². The molecule has 2 heteroatoms. The zero-order chi connectivity index (χ0) is 10.9. The molecule has 0 aromatic rings. The summed E-state index contributed by atoms with van der Waals surface area (Å²) in [7, 11) is 1.78. The number of hydrogen-bond acceptors (Lipinski definition) is 2. The molecule has 1 aliphatic rings. The van der Waals surface area contributed by atoms with Crippen LogP contribution in [-0.4, -0.2) is 37.7 Å². The molecule has 0 saturated heterocycles.